The number of hydrogen-bond acceptors (Lipinski definition) is 4. The van der Waals surface area contributed by atoms with Crippen molar-refractivity contribution in [3.8, 4) is 0 Å². The van der Waals surface area contributed by atoms with Gasteiger partial charge in [0.15, 0.2) is 0 Å². The molecule has 102 valence electrons. The normalized spacial score (nSPS) is 11.7. The van der Waals surface area contributed by atoms with Crippen LogP contribution in [0.25, 0.3) is 0 Å². The van der Waals surface area contributed by atoms with E-state index in [1.165, 1.54) is 0 Å². The molecule has 0 saturated heterocycles. The Bertz CT molecular complexity index is 362. The summed E-state index contributed by atoms with van der Waals surface area (Å²) in [6, 6.07) is 0. The van der Waals surface area contributed by atoms with Gasteiger partial charge in [-0.05, 0) is 13.8 Å². The largest absolute Gasteiger partial charge is 0.481 e. The van der Waals surface area contributed by atoms with Gasteiger partial charge in [-0.2, -0.15) is 0 Å². The lowest BCUT2D eigenvalue weighted by molar-refractivity contribution is -0.137. The predicted molar refractivity (Wildman–Crippen MR) is 73.1 cm³/mol. The van der Waals surface area contributed by atoms with Crippen LogP contribution in [0, 0.1) is 0 Å². The van der Waals surface area contributed by atoms with E-state index < -0.39 is 25.5 Å². The molecule has 0 bridgehead atoms. The summed E-state index contributed by atoms with van der Waals surface area (Å²) in [6.45, 7) is 17.5. The molecular weight excluding hydrogens is 248 g/mol. The molecule has 0 unspecified atom stereocenters. The highest BCUT2D eigenvalue weighted by Gasteiger charge is 2.51. The third-order valence-corrected chi connectivity index (χ3v) is 6.51. The zero-order valence-corrected chi connectivity index (χ0v) is 13.0. The molecule has 0 N–H and O–H groups in total. The first-order chi connectivity index (χ1) is 7.90. The van der Waals surface area contributed by atoms with Crippen LogP contribution in [0.2, 0.25) is 11.6 Å². The summed E-state index contributed by atoms with van der Waals surface area (Å²) < 4.78 is 10.8. The minimum Gasteiger partial charge on any atom is -0.481 e. The highest BCUT2D eigenvalue weighted by molar-refractivity contribution is 6.72. The van der Waals surface area contributed by atoms with Gasteiger partial charge in [0, 0.05) is 22.7 Å². The Balaban J connectivity index is 5.21. The SMILES string of the molecule is C=C(C)C(=O)O[Si](C)(OC(=O)C(=C)C)C(C)(C)C. The Morgan fingerprint density at radius 3 is 1.39 bits per heavy atom. The van der Waals surface area contributed by atoms with E-state index in [0.29, 0.717) is 0 Å². The second-order valence-electron chi connectivity index (χ2n) is 5.54. The van der Waals surface area contributed by atoms with E-state index in [4.69, 9.17) is 8.85 Å². The zero-order valence-electron chi connectivity index (χ0n) is 12.0. The molecule has 18 heavy (non-hydrogen) atoms. The van der Waals surface area contributed by atoms with Crippen LogP contribution in [0.5, 0.6) is 0 Å². The number of carbonyl (C=O) groups excluding carboxylic acids is 2. The van der Waals surface area contributed by atoms with Crippen LogP contribution in [0.3, 0.4) is 0 Å². The summed E-state index contributed by atoms with van der Waals surface area (Å²) in [5.41, 5.74) is 0.564. The number of hydrogen-bond donors (Lipinski definition) is 0. The van der Waals surface area contributed by atoms with Gasteiger partial charge < -0.3 is 8.85 Å². The molecule has 0 saturated carbocycles. The van der Waals surface area contributed by atoms with E-state index >= 15 is 0 Å². The Morgan fingerprint density at radius 1 is 0.944 bits per heavy atom. The van der Waals surface area contributed by atoms with Gasteiger partial charge in [-0.3, -0.25) is 0 Å². The van der Waals surface area contributed by atoms with Gasteiger partial charge in [-0.15, -0.1) is 0 Å². The third kappa shape index (κ3) is 4.14. The topological polar surface area (TPSA) is 52.6 Å². The highest BCUT2D eigenvalue weighted by Crippen LogP contribution is 2.38. The van der Waals surface area contributed by atoms with Crippen LogP contribution in [0.4, 0.5) is 0 Å². The molecule has 0 aromatic carbocycles. The van der Waals surface area contributed by atoms with E-state index in [-0.39, 0.29) is 11.1 Å². The Kier molecular flexibility index (Phi) is 5.10. The maximum Gasteiger partial charge on any atom is 0.467 e. The lowest BCUT2D eigenvalue weighted by Crippen LogP contribution is -2.50. The molecule has 0 heterocycles. The van der Waals surface area contributed by atoms with Crippen LogP contribution in [0.1, 0.15) is 34.6 Å². The van der Waals surface area contributed by atoms with E-state index in [0.717, 1.165) is 0 Å². The molecule has 0 fully saturated rings. The van der Waals surface area contributed by atoms with Crippen molar-refractivity contribution in [1.29, 1.82) is 0 Å². The average molecular weight is 270 g/mol. The average Bonchev–Trinajstić information content (AvgIpc) is 2.14. The van der Waals surface area contributed by atoms with Crippen LogP contribution >= 0.6 is 0 Å². The molecule has 0 aromatic rings. The first-order valence-corrected chi connectivity index (χ1v) is 8.00. The predicted octanol–water partition coefficient (Wildman–Crippen LogP) is 3.10. The van der Waals surface area contributed by atoms with Crippen LogP contribution in [-0.2, 0) is 18.4 Å². The Labute approximate surface area is 110 Å². The molecule has 0 aliphatic carbocycles. The van der Waals surface area contributed by atoms with Gasteiger partial charge in [0.2, 0.25) is 0 Å². The molecule has 0 atom stereocenters. The monoisotopic (exact) mass is 270 g/mol. The molecule has 0 rings (SSSR count). The van der Waals surface area contributed by atoms with Gasteiger partial charge in [0.25, 0.3) is 0 Å². The molecule has 0 radical (unpaired) electrons. The van der Waals surface area contributed by atoms with Gasteiger partial charge in [0.1, 0.15) is 0 Å². The minimum absolute atomic E-state index is 0.282. The van der Waals surface area contributed by atoms with Gasteiger partial charge >= 0.3 is 20.5 Å². The second kappa shape index (κ2) is 5.52. The van der Waals surface area contributed by atoms with Crippen molar-refractivity contribution in [2.24, 2.45) is 0 Å². The standard InChI is InChI=1S/C13H22O4Si/c1-9(2)11(14)16-18(8,13(5,6)7)17-12(15)10(3)4/h1,3H2,2,4-8H3. The van der Waals surface area contributed by atoms with E-state index in [1.54, 1.807) is 20.4 Å². The Morgan fingerprint density at radius 2 is 1.22 bits per heavy atom. The second-order valence-corrected chi connectivity index (χ2v) is 9.34. The Hall–Kier alpha value is -1.36. The fraction of sp³-hybridized carbons (Fsp3) is 0.538. The number of carbonyl (C=O) groups is 2. The van der Waals surface area contributed by atoms with Crippen molar-refractivity contribution < 1.29 is 18.4 Å². The maximum absolute atomic E-state index is 11.7. The third-order valence-electron chi connectivity index (χ3n) is 2.63. The van der Waals surface area contributed by atoms with E-state index in [1.807, 2.05) is 20.8 Å². The van der Waals surface area contributed by atoms with Crippen molar-refractivity contribution in [1.82, 2.24) is 0 Å². The summed E-state index contributed by atoms with van der Waals surface area (Å²) in [4.78, 5) is 23.3. The quantitative estimate of drug-likeness (QED) is 0.582. The van der Waals surface area contributed by atoms with Gasteiger partial charge in [-0.25, -0.2) is 9.59 Å². The summed E-state index contributed by atoms with van der Waals surface area (Å²) in [6.07, 6.45) is 0. The van der Waals surface area contributed by atoms with Crippen LogP contribution in [0.15, 0.2) is 24.3 Å². The van der Waals surface area contributed by atoms with Crippen molar-refractivity contribution in [2.45, 2.75) is 46.2 Å². The van der Waals surface area contributed by atoms with E-state index in [2.05, 4.69) is 13.2 Å². The fourth-order valence-electron chi connectivity index (χ4n) is 0.855. The first-order valence-electron chi connectivity index (χ1n) is 5.68. The summed E-state index contributed by atoms with van der Waals surface area (Å²) in [7, 11) is -3.02. The fourth-order valence-corrected chi connectivity index (χ4v) is 2.57. The van der Waals surface area contributed by atoms with Gasteiger partial charge in [0.05, 0.1) is 0 Å². The summed E-state index contributed by atoms with van der Waals surface area (Å²) in [5.74, 6) is -1.07. The van der Waals surface area contributed by atoms with Crippen molar-refractivity contribution in [3.63, 3.8) is 0 Å². The molecular formula is C13H22O4Si. The molecule has 4 nitrogen and oxygen atoms in total. The van der Waals surface area contributed by atoms with Gasteiger partial charge in [-0.1, -0.05) is 33.9 Å². The zero-order chi connectivity index (χ0) is 14.7. The highest BCUT2D eigenvalue weighted by atomic mass is 28.4. The van der Waals surface area contributed by atoms with Crippen molar-refractivity contribution >= 4 is 20.5 Å². The molecule has 0 aliphatic heterocycles. The van der Waals surface area contributed by atoms with E-state index in [9.17, 15) is 9.59 Å². The molecule has 0 aromatic heterocycles. The van der Waals surface area contributed by atoms with Crippen molar-refractivity contribution in [2.75, 3.05) is 0 Å². The smallest absolute Gasteiger partial charge is 0.467 e. The minimum atomic E-state index is -3.02. The molecule has 0 spiro atoms. The first kappa shape index (κ1) is 16.6. The summed E-state index contributed by atoms with van der Waals surface area (Å²) in [5, 5.41) is -0.441. The molecule has 0 aliphatic rings. The summed E-state index contributed by atoms with van der Waals surface area (Å²) >= 11 is 0. The van der Waals surface area contributed by atoms with Crippen LogP contribution < -0.4 is 0 Å². The number of rotatable bonds is 4. The van der Waals surface area contributed by atoms with Crippen LogP contribution in [-0.4, -0.2) is 20.5 Å². The lowest BCUT2D eigenvalue weighted by Gasteiger charge is -2.36. The lowest BCUT2D eigenvalue weighted by atomic mass is 10.2. The molecule has 0 amide bonds. The maximum atomic E-state index is 11.7. The molecule has 5 heteroatoms. The van der Waals surface area contributed by atoms with Crippen molar-refractivity contribution in [3.05, 3.63) is 24.3 Å².